The molecule has 19 heteroatoms. The van der Waals surface area contributed by atoms with Crippen molar-refractivity contribution in [1.82, 2.24) is 0 Å². The van der Waals surface area contributed by atoms with Crippen molar-refractivity contribution in [3.05, 3.63) is 11.6 Å². The number of fused-ring (bicyclic) bond motifs is 7. The summed E-state index contributed by atoms with van der Waals surface area (Å²) in [5.74, 6) is -0.386. The number of rotatable bonds is 9. The normalized spacial score (nSPS) is 56.7. The molecule has 27 atom stereocenters. The van der Waals surface area contributed by atoms with E-state index in [0.29, 0.717) is 32.1 Å². The average molecular weight is 959 g/mol. The third-order valence-corrected chi connectivity index (χ3v) is 19.7. The lowest BCUT2D eigenvalue weighted by Gasteiger charge is -2.71. The Kier molecular flexibility index (Phi) is 14.4. The van der Waals surface area contributed by atoms with E-state index >= 15 is 4.79 Å². The Hall–Kier alpha value is -1.47. The quantitative estimate of drug-likeness (QED) is 0.0971. The molecule has 0 aromatic rings. The zero-order chi connectivity index (χ0) is 49.1. The summed E-state index contributed by atoms with van der Waals surface area (Å²) in [6.07, 6.45) is -18.9. The monoisotopic (exact) mass is 959 g/mol. The van der Waals surface area contributed by atoms with Crippen LogP contribution in [0, 0.1) is 56.7 Å². The average Bonchev–Trinajstić information content (AvgIpc) is 3.29. The lowest BCUT2D eigenvalue weighted by Crippen LogP contribution is -2.68. The third kappa shape index (κ3) is 7.92. The van der Waals surface area contributed by atoms with Gasteiger partial charge in [0, 0.05) is 5.41 Å². The van der Waals surface area contributed by atoms with Crippen molar-refractivity contribution in [3.63, 3.8) is 0 Å². The molecule has 5 aliphatic carbocycles. The van der Waals surface area contributed by atoms with Gasteiger partial charge in [0.2, 0.25) is 6.29 Å². The van der Waals surface area contributed by atoms with Crippen molar-refractivity contribution in [3.8, 4) is 0 Å². The second-order valence-electron chi connectivity index (χ2n) is 22.9. The van der Waals surface area contributed by atoms with Gasteiger partial charge in [-0.3, -0.25) is 4.79 Å². The van der Waals surface area contributed by atoms with Crippen LogP contribution in [0.5, 0.6) is 0 Å². The van der Waals surface area contributed by atoms with Crippen LogP contribution in [0.3, 0.4) is 0 Å². The number of allylic oxidation sites excluding steroid dienone is 2. The summed E-state index contributed by atoms with van der Waals surface area (Å²) in [7, 11) is 0. The lowest BCUT2D eigenvalue weighted by atomic mass is 9.33. The number of esters is 1. The number of aliphatic hydroxyl groups is 12. The summed E-state index contributed by atoms with van der Waals surface area (Å²) >= 11 is 0. The Morgan fingerprint density at radius 3 is 2.01 bits per heavy atom. The van der Waals surface area contributed by atoms with E-state index in [4.69, 9.17) is 28.4 Å². The molecule has 384 valence electrons. The number of aliphatic hydroxyl groups excluding tert-OH is 12. The summed E-state index contributed by atoms with van der Waals surface area (Å²) < 4.78 is 34.7. The molecular weight excluding hydrogens is 881 g/mol. The van der Waals surface area contributed by atoms with Crippen molar-refractivity contribution < 1.29 is 94.5 Å². The van der Waals surface area contributed by atoms with Crippen LogP contribution in [0.4, 0.5) is 0 Å². The van der Waals surface area contributed by atoms with Crippen molar-refractivity contribution in [1.29, 1.82) is 0 Å². The molecule has 0 amide bonds. The van der Waals surface area contributed by atoms with E-state index in [1.807, 2.05) is 6.92 Å². The van der Waals surface area contributed by atoms with Gasteiger partial charge in [-0.25, -0.2) is 0 Å². The molecule has 7 fully saturated rings. The van der Waals surface area contributed by atoms with Gasteiger partial charge in [-0.2, -0.15) is 0 Å². The van der Waals surface area contributed by atoms with Crippen LogP contribution in [0.15, 0.2) is 11.6 Å². The predicted octanol–water partition coefficient (Wildman–Crippen LogP) is -1.03. The second-order valence-corrected chi connectivity index (χ2v) is 22.9. The Balaban J connectivity index is 0.985. The number of hydrogen-bond acceptors (Lipinski definition) is 19. The molecule has 3 aliphatic heterocycles. The van der Waals surface area contributed by atoms with E-state index < -0.39 is 134 Å². The number of carbonyl (C=O) groups excluding carboxylic acids is 1. The van der Waals surface area contributed by atoms with Gasteiger partial charge in [0.25, 0.3) is 0 Å². The third-order valence-electron chi connectivity index (χ3n) is 19.7. The number of hydrogen-bond donors (Lipinski definition) is 12. The maximum atomic E-state index is 15.0. The van der Waals surface area contributed by atoms with Crippen LogP contribution in [-0.4, -0.2) is 191 Å². The van der Waals surface area contributed by atoms with E-state index in [1.165, 1.54) is 12.5 Å². The van der Waals surface area contributed by atoms with Crippen molar-refractivity contribution >= 4 is 5.97 Å². The highest BCUT2D eigenvalue weighted by Crippen LogP contribution is 2.76. The van der Waals surface area contributed by atoms with Gasteiger partial charge in [-0.1, -0.05) is 53.2 Å². The van der Waals surface area contributed by atoms with Crippen LogP contribution in [0.1, 0.15) is 99.8 Å². The Bertz CT molecular complexity index is 1820. The Labute approximate surface area is 392 Å². The highest BCUT2D eigenvalue weighted by atomic mass is 16.8. The van der Waals surface area contributed by atoms with E-state index in [9.17, 15) is 61.3 Å². The minimum absolute atomic E-state index is 0.0112. The van der Waals surface area contributed by atoms with Crippen LogP contribution in [0.2, 0.25) is 0 Å². The van der Waals surface area contributed by atoms with E-state index in [1.54, 1.807) is 0 Å². The molecule has 8 aliphatic rings. The van der Waals surface area contributed by atoms with Crippen molar-refractivity contribution in [2.45, 2.75) is 204 Å². The largest absolute Gasteiger partial charge is 0.432 e. The van der Waals surface area contributed by atoms with Crippen molar-refractivity contribution in [2.75, 3.05) is 19.8 Å². The van der Waals surface area contributed by atoms with Crippen LogP contribution in [0.25, 0.3) is 0 Å². The number of ether oxygens (including phenoxy) is 6. The summed E-state index contributed by atoms with van der Waals surface area (Å²) in [6.45, 7) is 13.0. The van der Waals surface area contributed by atoms with Crippen LogP contribution >= 0.6 is 0 Å². The van der Waals surface area contributed by atoms with Crippen molar-refractivity contribution in [2.24, 2.45) is 56.7 Å². The summed E-state index contributed by atoms with van der Waals surface area (Å²) in [5.41, 5.74) is -1.64. The van der Waals surface area contributed by atoms with Gasteiger partial charge in [0.15, 0.2) is 12.6 Å². The fraction of sp³-hybridized carbons (Fsp3) is 0.938. The predicted molar refractivity (Wildman–Crippen MR) is 231 cm³/mol. The topological polar surface area (TPSA) is 315 Å². The first-order valence-electron chi connectivity index (χ1n) is 24.5. The molecule has 4 saturated carbocycles. The molecule has 0 aromatic heterocycles. The maximum Gasteiger partial charge on any atom is 0.315 e. The molecule has 0 radical (unpaired) electrons. The van der Waals surface area contributed by atoms with Gasteiger partial charge >= 0.3 is 5.97 Å². The van der Waals surface area contributed by atoms with Crippen LogP contribution in [-0.2, 0) is 33.2 Å². The molecule has 3 saturated heterocycles. The molecule has 67 heavy (non-hydrogen) atoms. The van der Waals surface area contributed by atoms with E-state index in [-0.39, 0.29) is 52.4 Å². The second kappa shape index (κ2) is 18.5. The molecule has 0 unspecified atom stereocenters. The molecule has 0 aromatic carbocycles. The lowest BCUT2D eigenvalue weighted by molar-refractivity contribution is -0.361. The van der Waals surface area contributed by atoms with Gasteiger partial charge in [-0.15, -0.1) is 0 Å². The fourth-order valence-electron chi connectivity index (χ4n) is 15.2. The molecule has 12 N–H and O–H groups in total. The van der Waals surface area contributed by atoms with E-state index in [0.717, 1.165) is 19.3 Å². The highest BCUT2D eigenvalue weighted by Gasteiger charge is 2.71. The Morgan fingerprint density at radius 2 is 1.34 bits per heavy atom. The SMILES string of the molecule is C[C@@H]1[C@H](C)CC[C@]2(C(=O)O[C@H]3O[C@H](CO[C@H]4O[C@H](CO)[C@@H](O[C@H]5O[C@H](C)[C@@H](O)[C@@H](O)[C@H]5O)[C@@H](O)[C@H]4O)[C@@H](O)[C@@H](O)[C@H]3O)CC[C@@]3(C)C(=CC[C@@H]4[C@]5(C)C[C@H](O)[C@H](O)[C@@](C)(CO)[C@@H]5CC[C@@]43C)[C@H]12. The standard InChI is InChI=1S/C48H78O19/c1-20-10-13-48(15-14-46(6)23(29(48)21(20)2)8-9-28-44(4)16-24(51)39(60)45(5,19-50)27(44)11-12-47(28,46)7)43(61)67-42-36(58)33(55)31(53)26(65-42)18-62-40-37(59)34(56)38(25(17-49)64-40)66-41-35(57)32(54)30(52)22(3)63-41/h8,20-22,24-42,49-60H,9-19H2,1-7H3/t20-,21-,22-,24+,25-,26-,27-,28-,29+,30-,31-,32-,33-,34+,35-,36-,37-,38-,39+,40+,41-,42-,44-,45+,46+,47+,48+/m1/s1. The molecule has 8 rings (SSSR count). The summed E-state index contributed by atoms with van der Waals surface area (Å²) in [6, 6.07) is 0. The van der Waals surface area contributed by atoms with Gasteiger partial charge < -0.3 is 89.7 Å². The first-order valence-corrected chi connectivity index (χ1v) is 24.5. The smallest absolute Gasteiger partial charge is 0.315 e. The first-order chi connectivity index (χ1) is 31.4. The van der Waals surface area contributed by atoms with Gasteiger partial charge in [0.1, 0.15) is 67.1 Å². The highest BCUT2D eigenvalue weighted by molar-refractivity contribution is 5.79. The first kappa shape index (κ1) is 51.9. The van der Waals surface area contributed by atoms with Gasteiger partial charge in [0.05, 0.1) is 43.5 Å². The van der Waals surface area contributed by atoms with Gasteiger partial charge in [-0.05, 0) is 104 Å². The van der Waals surface area contributed by atoms with E-state index in [2.05, 4.69) is 40.7 Å². The summed E-state index contributed by atoms with van der Waals surface area (Å²) in [5, 5.41) is 130. The zero-order valence-corrected chi connectivity index (χ0v) is 39.8. The minimum atomic E-state index is -1.86. The zero-order valence-electron chi connectivity index (χ0n) is 39.8. The molecule has 19 nitrogen and oxygen atoms in total. The minimum Gasteiger partial charge on any atom is -0.432 e. The maximum absolute atomic E-state index is 15.0. The molecule has 0 spiro atoms. The number of carbonyl (C=O) groups is 1. The molecule has 3 heterocycles. The Morgan fingerprint density at radius 1 is 0.701 bits per heavy atom. The summed E-state index contributed by atoms with van der Waals surface area (Å²) in [4.78, 5) is 15.0. The molecular formula is C48H78O19. The van der Waals surface area contributed by atoms with Crippen LogP contribution < -0.4 is 0 Å². The fourth-order valence-corrected chi connectivity index (χ4v) is 15.2. The molecule has 0 bridgehead atoms.